The standard InChI is InChI=1S/C37H40N4O/c42-35-26-34(40-24-4-22-38-20-1-2-21-39-23-5-25-41-35)29-12-9-27(10-13-29)8-11-28-14-15-32-17-16-30-6-3-7-31-18-19-33(28)37(32)36(30)31/h3,6-7,9-10,12-19,34,38-40H,1-2,4-5,20-26H2,(H,41,42). The van der Waals surface area contributed by atoms with Gasteiger partial charge in [0.1, 0.15) is 0 Å². The van der Waals surface area contributed by atoms with Gasteiger partial charge in [0, 0.05) is 30.1 Å². The Morgan fingerprint density at radius 3 is 2.00 bits per heavy atom. The average molecular weight is 557 g/mol. The first kappa shape index (κ1) is 28.2. The van der Waals surface area contributed by atoms with Gasteiger partial charge in [0.05, 0.1) is 0 Å². The molecule has 5 aromatic carbocycles. The molecule has 0 aliphatic carbocycles. The van der Waals surface area contributed by atoms with Gasteiger partial charge in [-0.05, 0) is 114 Å². The van der Waals surface area contributed by atoms with Gasteiger partial charge in [-0.2, -0.15) is 0 Å². The van der Waals surface area contributed by atoms with Crippen LogP contribution in [0.4, 0.5) is 0 Å². The molecule has 0 aromatic heterocycles. The summed E-state index contributed by atoms with van der Waals surface area (Å²) in [5, 5.41) is 21.3. The van der Waals surface area contributed by atoms with E-state index in [9.17, 15) is 4.79 Å². The highest BCUT2D eigenvalue weighted by atomic mass is 16.1. The van der Waals surface area contributed by atoms with Crippen LogP contribution in [0.25, 0.3) is 32.3 Å². The van der Waals surface area contributed by atoms with E-state index in [1.165, 1.54) is 45.2 Å². The van der Waals surface area contributed by atoms with Gasteiger partial charge in [-0.3, -0.25) is 4.79 Å². The van der Waals surface area contributed by atoms with Crippen molar-refractivity contribution >= 4 is 38.2 Å². The van der Waals surface area contributed by atoms with Crippen molar-refractivity contribution in [3.63, 3.8) is 0 Å². The summed E-state index contributed by atoms with van der Waals surface area (Å²) in [6, 6.07) is 28.0. The molecule has 1 saturated heterocycles. The van der Waals surface area contributed by atoms with Crippen LogP contribution in [-0.2, 0) is 4.79 Å². The molecular weight excluding hydrogens is 516 g/mol. The van der Waals surface area contributed by atoms with Gasteiger partial charge in [-0.25, -0.2) is 0 Å². The third-order valence-electron chi connectivity index (χ3n) is 8.30. The topological polar surface area (TPSA) is 65.2 Å². The van der Waals surface area contributed by atoms with Crippen molar-refractivity contribution in [3.8, 4) is 11.8 Å². The maximum atomic E-state index is 12.8. The molecule has 1 amide bonds. The SMILES string of the molecule is O=C1CC(c2ccc(C#Cc3ccc4ccc5cccc6ccc3c4c56)cc2)NCCCNCCCCNCCCN1. The molecule has 0 saturated carbocycles. The van der Waals surface area contributed by atoms with Gasteiger partial charge < -0.3 is 21.3 Å². The van der Waals surface area contributed by atoms with Crippen LogP contribution in [0.15, 0.2) is 78.9 Å². The van der Waals surface area contributed by atoms with E-state index in [4.69, 9.17) is 0 Å². The van der Waals surface area contributed by atoms with Gasteiger partial charge in [0.2, 0.25) is 5.91 Å². The Kier molecular flexibility index (Phi) is 9.27. The van der Waals surface area contributed by atoms with Crippen molar-refractivity contribution in [2.75, 3.05) is 39.3 Å². The number of rotatable bonds is 1. The average Bonchev–Trinajstić information content (AvgIpc) is 3.02. The molecule has 5 aromatic rings. The lowest BCUT2D eigenvalue weighted by molar-refractivity contribution is -0.121. The predicted molar refractivity (Wildman–Crippen MR) is 175 cm³/mol. The Hall–Kier alpha value is -3.95. The molecule has 5 nitrogen and oxygen atoms in total. The highest BCUT2D eigenvalue weighted by Crippen LogP contribution is 2.35. The number of carbonyl (C=O) groups is 1. The quantitative estimate of drug-likeness (QED) is 0.154. The molecule has 1 fully saturated rings. The number of hydrogen-bond donors (Lipinski definition) is 4. The van der Waals surface area contributed by atoms with Crippen LogP contribution in [0.1, 0.15) is 54.8 Å². The molecule has 0 radical (unpaired) electrons. The second-order valence-electron chi connectivity index (χ2n) is 11.3. The Labute approximate surface area is 248 Å². The zero-order valence-electron chi connectivity index (χ0n) is 24.3. The summed E-state index contributed by atoms with van der Waals surface area (Å²) < 4.78 is 0. The molecule has 4 N–H and O–H groups in total. The number of nitrogens with one attached hydrogen (secondary N) is 4. The zero-order valence-corrected chi connectivity index (χ0v) is 24.3. The van der Waals surface area contributed by atoms with E-state index < -0.39 is 0 Å². The normalized spacial score (nSPS) is 18.4. The van der Waals surface area contributed by atoms with Gasteiger partial charge in [0.15, 0.2) is 0 Å². The fourth-order valence-electron chi connectivity index (χ4n) is 6.03. The summed E-state index contributed by atoms with van der Waals surface area (Å²) in [7, 11) is 0. The summed E-state index contributed by atoms with van der Waals surface area (Å²) in [4.78, 5) is 12.8. The molecule has 1 aliphatic heterocycles. The molecule has 214 valence electrons. The molecule has 6 rings (SSSR count). The molecule has 1 atom stereocenters. The molecular formula is C37H40N4O. The summed E-state index contributed by atoms with van der Waals surface area (Å²) >= 11 is 0. The smallest absolute Gasteiger partial charge is 0.221 e. The van der Waals surface area contributed by atoms with Crippen molar-refractivity contribution in [1.82, 2.24) is 21.3 Å². The van der Waals surface area contributed by atoms with Crippen molar-refractivity contribution in [3.05, 3.63) is 95.6 Å². The Bertz CT molecular complexity index is 1680. The molecule has 1 heterocycles. The number of amides is 1. The number of hydrogen-bond acceptors (Lipinski definition) is 4. The summed E-state index contributed by atoms with van der Waals surface area (Å²) in [5.41, 5.74) is 3.13. The maximum Gasteiger partial charge on any atom is 0.221 e. The van der Waals surface area contributed by atoms with Gasteiger partial charge in [-0.1, -0.05) is 72.5 Å². The van der Waals surface area contributed by atoms with E-state index in [-0.39, 0.29) is 11.9 Å². The van der Waals surface area contributed by atoms with E-state index in [0.717, 1.165) is 62.3 Å². The molecule has 1 aliphatic rings. The maximum absolute atomic E-state index is 12.8. The lowest BCUT2D eigenvalue weighted by Gasteiger charge is -2.19. The minimum atomic E-state index is -0.0293. The molecule has 42 heavy (non-hydrogen) atoms. The monoisotopic (exact) mass is 556 g/mol. The predicted octanol–water partition coefficient (Wildman–Crippen LogP) is 5.87. The van der Waals surface area contributed by atoms with Crippen LogP contribution >= 0.6 is 0 Å². The second-order valence-corrected chi connectivity index (χ2v) is 11.3. The number of carbonyl (C=O) groups excluding carboxylic acids is 1. The molecule has 5 heteroatoms. The Morgan fingerprint density at radius 1 is 0.595 bits per heavy atom. The van der Waals surface area contributed by atoms with E-state index in [1.54, 1.807) is 0 Å². The summed E-state index contributed by atoms with van der Waals surface area (Å²) in [6.07, 6.45) is 4.76. The minimum Gasteiger partial charge on any atom is -0.356 e. The van der Waals surface area contributed by atoms with E-state index in [1.807, 2.05) is 0 Å². The van der Waals surface area contributed by atoms with Crippen LogP contribution in [0.2, 0.25) is 0 Å². The van der Waals surface area contributed by atoms with Crippen LogP contribution < -0.4 is 21.3 Å². The van der Waals surface area contributed by atoms with E-state index in [2.05, 4.69) is 112 Å². The molecule has 1 unspecified atom stereocenters. The largest absolute Gasteiger partial charge is 0.356 e. The van der Waals surface area contributed by atoms with Crippen LogP contribution in [-0.4, -0.2) is 45.2 Å². The van der Waals surface area contributed by atoms with Crippen molar-refractivity contribution < 1.29 is 4.79 Å². The Morgan fingerprint density at radius 2 is 1.24 bits per heavy atom. The minimum absolute atomic E-state index is 0.0293. The summed E-state index contributed by atoms with van der Waals surface area (Å²) in [5.74, 6) is 6.94. The van der Waals surface area contributed by atoms with Gasteiger partial charge >= 0.3 is 0 Å². The lowest BCUT2D eigenvalue weighted by atomic mass is 9.92. The first-order chi connectivity index (χ1) is 20.8. The van der Waals surface area contributed by atoms with Crippen molar-refractivity contribution in [2.24, 2.45) is 0 Å². The molecule has 0 spiro atoms. The van der Waals surface area contributed by atoms with Gasteiger partial charge in [0.25, 0.3) is 0 Å². The van der Waals surface area contributed by atoms with Crippen LogP contribution in [0.3, 0.4) is 0 Å². The first-order valence-electron chi connectivity index (χ1n) is 15.5. The van der Waals surface area contributed by atoms with Gasteiger partial charge in [-0.15, -0.1) is 0 Å². The fraction of sp³-hybridized carbons (Fsp3) is 0.324. The molecule has 0 bridgehead atoms. The zero-order chi connectivity index (χ0) is 28.6. The van der Waals surface area contributed by atoms with Crippen LogP contribution in [0, 0.1) is 11.8 Å². The van der Waals surface area contributed by atoms with Crippen molar-refractivity contribution in [1.29, 1.82) is 0 Å². The Balaban J connectivity index is 1.19. The fourth-order valence-corrected chi connectivity index (χ4v) is 6.03. The summed E-state index contributed by atoms with van der Waals surface area (Å²) in [6.45, 7) is 5.59. The highest BCUT2D eigenvalue weighted by Gasteiger charge is 2.16. The van der Waals surface area contributed by atoms with E-state index >= 15 is 0 Å². The van der Waals surface area contributed by atoms with Crippen molar-refractivity contribution in [2.45, 2.75) is 38.1 Å². The van der Waals surface area contributed by atoms with Crippen LogP contribution in [0.5, 0.6) is 0 Å². The van der Waals surface area contributed by atoms with E-state index in [0.29, 0.717) is 13.0 Å². The third-order valence-corrected chi connectivity index (χ3v) is 8.30. The third kappa shape index (κ3) is 6.74. The number of benzene rings is 5. The lowest BCUT2D eigenvalue weighted by Crippen LogP contribution is -2.33. The first-order valence-corrected chi connectivity index (χ1v) is 15.5. The second kappa shape index (κ2) is 13.8. The highest BCUT2D eigenvalue weighted by molar-refractivity contribution is 6.23.